The summed E-state index contributed by atoms with van der Waals surface area (Å²) in [6.07, 6.45) is 3.25. The number of amides is 1. The Morgan fingerprint density at radius 3 is 2.48 bits per heavy atom. The van der Waals surface area contributed by atoms with Crippen LogP contribution in [0.1, 0.15) is 29.7 Å². The normalized spacial score (nSPS) is 17.4. The van der Waals surface area contributed by atoms with Crippen molar-refractivity contribution in [2.75, 3.05) is 6.61 Å². The van der Waals surface area contributed by atoms with Crippen LogP contribution in [0.25, 0.3) is 5.76 Å². The molecule has 33 heavy (non-hydrogen) atoms. The van der Waals surface area contributed by atoms with Gasteiger partial charge in [-0.1, -0.05) is 35.3 Å². The van der Waals surface area contributed by atoms with Gasteiger partial charge in [0.15, 0.2) is 0 Å². The number of hydrogen-bond acceptors (Lipinski definition) is 5. The summed E-state index contributed by atoms with van der Waals surface area (Å²) in [5, 5.41) is 11.8. The van der Waals surface area contributed by atoms with Crippen molar-refractivity contribution in [3.05, 3.63) is 99.3 Å². The van der Waals surface area contributed by atoms with E-state index in [1.807, 2.05) is 13.0 Å². The van der Waals surface area contributed by atoms with Crippen LogP contribution in [0.3, 0.4) is 0 Å². The second-order valence-electron chi connectivity index (χ2n) is 7.42. The molecule has 1 saturated heterocycles. The molecule has 1 amide bonds. The van der Waals surface area contributed by atoms with Crippen molar-refractivity contribution in [1.29, 1.82) is 0 Å². The molecule has 0 saturated carbocycles. The largest absolute Gasteiger partial charge is 0.507 e. The van der Waals surface area contributed by atoms with Crippen molar-refractivity contribution in [2.45, 2.75) is 19.5 Å². The van der Waals surface area contributed by atoms with E-state index in [1.165, 1.54) is 4.90 Å². The Morgan fingerprint density at radius 1 is 1.09 bits per heavy atom. The molecule has 8 heteroatoms. The minimum atomic E-state index is -0.855. The van der Waals surface area contributed by atoms with Gasteiger partial charge in [0.2, 0.25) is 0 Å². The highest BCUT2D eigenvalue weighted by molar-refractivity contribution is 6.46. The van der Waals surface area contributed by atoms with Crippen molar-refractivity contribution >= 4 is 40.7 Å². The molecule has 0 radical (unpaired) electrons. The van der Waals surface area contributed by atoms with Gasteiger partial charge < -0.3 is 14.7 Å². The third-order valence-electron chi connectivity index (χ3n) is 5.31. The Hall–Kier alpha value is -3.35. The Balaban J connectivity index is 1.84. The number of Topliss-reactive ketones (excluding diaryl/α,β-unsaturated/α-hetero) is 1. The van der Waals surface area contributed by atoms with Crippen molar-refractivity contribution in [3.8, 4) is 5.75 Å². The van der Waals surface area contributed by atoms with Crippen LogP contribution in [0.4, 0.5) is 0 Å². The summed E-state index contributed by atoms with van der Waals surface area (Å²) in [5.41, 5.74) is 1.67. The van der Waals surface area contributed by atoms with E-state index in [9.17, 15) is 14.7 Å². The van der Waals surface area contributed by atoms with Crippen LogP contribution < -0.4 is 4.74 Å². The van der Waals surface area contributed by atoms with E-state index in [0.717, 1.165) is 5.56 Å². The molecular weight excluding hydrogens is 463 g/mol. The fourth-order valence-corrected chi connectivity index (χ4v) is 4.10. The molecular formula is C25H20Cl2N2O4. The minimum Gasteiger partial charge on any atom is -0.507 e. The smallest absolute Gasteiger partial charge is 0.295 e. The van der Waals surface area contributed by atoms with Gasteiger partial charge in [-0.2, -0.15) is 0 Å². The van der Waals surface area contributed by atoms with Gasteiger partial charge >= 0.3 is 0 Å². The number of pyridine rings is 1. The van der Waals surface area contributed by atoms with Crippen molar-refractivity contribution < 1.29 is 19.4 Å². The molecule has 6 nitrogen and oxygen atoms in total. The van der Waals surface area contributed by atoms with Gasteiger partial charge in [0.05, 0.1) is 28.3 Å². The van der Waals surface area contributed by atoms with Crippen LogP contribution in [0.15, 0.2) is 72.6 Å². The maximum Gasteiger partial charge on any atom is 0.295 e. The Labute approximate surface area is 201 Å². The predicted octanol–water partition coefficient (Wildman–Crippen LogP) is 5.41. The minimum absolute atomic E-state index is 0.0218. The second kappa shape index (κ2) is 9.65. The van der Waals surface area contributed by atoms with Gasteiger partial charge in [-0.15, -0.1) is 0 Å². The number of carbonyl (C=O) groups is 2. The zero-order valence-electron chi connectivity index (χ0n) is 17.7. The maximum absolute atomic E-state index is 13.1. The Bertz CT molecular complexity index is 1230. The first-order valence-electron chi connectivity index (χ1n) is 10.3. The molecule has 168 valence electrons. The molecule has 4 rings (SSSR count). The van der Waals surface area contributed by atoms with E-state index in [0.29, 0.717) is 28.5 Å². The molecule has 1 aliphatic heterocycles. The van der Waals surface area contributed by atoms with Crippen LogP contribution in [0.2, 0.25) is 10.0 Å². The molecule has 2 aromatic carbocycles. The van der Waals surface area contributed by atoms with Crippen LogP contribution in [-0.4, -0.2) is 33.3 Å². The summed E-state index contributed by atoms with van der Waals surface area (Å²) < 4.78 is 5.44. The quantitative estimate of drug-likeness (QED) is 0.288. The van der Waals surface area contributed by atoms with E-state index in [4.69, 9.17) is 27.9 Å². The second-order valence-corrected chi connectivity index (χ2v) is 8.23. The highest BCUT2D eigenvalue weighted by Crippen LogP contribution is 2.41. The van der Waals surface area contributed by atoms with E-state index < -0.39 is 17.7 Å². The van der Waals surface area contributed by atoms with Crippen LogP contribution in [-0.2, 0) is 16.1 Å². The number of aliphatic hydroxyl groups excluding tert-OH is 1. The summed E-state index contributed by atoms with van der Waals surface area (Å²) in [6.45, 7) is 2.50. The van der Waals surface area contributed by atoms with Gasteiger partial charge in [-0.05, 0) is 60.5 Å². The molecule has 0 aliphatic carbocycles. The van der Waals surface area contributed by atoms with Gasteiger partial charge in [0.25, 0.3) is 11.7 Å². The van der Waals surface area contributed by atoms with Crippen molar-refractivity contribution in [2.24, 2.45) is 0 Å². The van der Waals surface area contributed by atoms with E-state index in [1.54, 1.807) is 60.9 Å². The number of benzene rings is 2. The lowest BCUT2D eigenvalue weighted by Crippen LogP contribution is -2.29. The van der Waals surface area contributed by atoms with Gasteiger partial charge in [0, 0.05) is 24.5 Å². The SMILES string of the molecule is CCOc1ccc(/C(O)=C2\C(=O)C(=O)N(Cc3cccnc3)C2c2ccc(Cl)c(Cl)c2)cc1. The summed E-state index contributed by atoms with van der Waals surface area (Å²) >= 11 is 12.3. The first-order chi connectivity index (χ1) is 15.9. The highest BCUT2D eigenvalue weighted by atomic mass is 35.5. The van der Waals surface area contributed by atoms with Crippen molar-refractivity contribution in [3.63, 3.8) is 0 Å². The molecule has 1 aliphatic rings. The Kier molecular flexibility index (Phi) is 6.67. The average Bonchev–Trinajstić information content (AvgIpc) is 3.07. The number of likely N-dealkylation sites (tertiary alicyclic amines) is 1. The van der Waals surface area contributed by atoms with Crippen LogP contribution >= 0.6 is 23.2 Å². The van der Waals surface area contributed by atoms with E-state index in [-0.39, 0.29) is 22.9 Å². The summed E-state index contributed by atoms with van der Waals surface area (Å²) in [5.74, 6) is -1.14. The molecule has 1 N–H and O–H groups in total. The first kappa shape index (κ1) is 22.8. The monoisotopic (exact) mass is 482 g/mol. The van der Waals surface area contributed by atoms with E-state index >= 15 is 0 Å². The lowest BCUT2D eigenvalue weighted by Gasteiger charge is -2.25. The van der Waals surface area contributed by atoms with E-state index in [2.05, 4.69) is 4.98 Å². The zero-order chi connectivity index (χ0) is 23.5. The lowest BCUT2D eigenvalue weighted by atomic mass is 9.95. The summed E-state index contributed by atoms with van der Waals surface area (Å²) in [7, 11) is 0. The average molecular weight is 483 g/mol. The number of halogens is 2. The highest BCUT2D eigenvalue weighted by Gasteiger charge is 2.46. The Morgan fingerprint density at radius 2 is 1.85 bits per heavy atom. The molecule has 0 bridgehead atoms. The molecule has 1 fully saturated rings. The number of ether oxygens (including phenoxy) is 1. The maximum atomic E-state index is 13.1. The number of carbonyl (C=O) groups excluding carboxylic acids is 2. The third kappa shape index (κ3) is 4.58. The molecule has 0 spiro atoms. The standard InChI is InChI=1S/C25H20Cl2N2O4/c1-2-33-18-8-5-16(6-9-18)23(30)21-22(17-7-10-19(26)20(27)12-17)29(25(32)24(21)31)14-15-4-3-11-28-13-15/h3-13,22,30H,2,14H2,1H3/b23-21+. The van der Waals surface area contributed by atoms with Gasteiger partial charge in [0.1, 0.15) is 11.5 Å². The number of nitrogens with zero attached hydrogens (tertiary/aromatic N) is 2. The lowest BCUT2D eigenvalue weighted by molar-refractivity contribution is -0.140. The fourth-order valence-electron chi connectivity index (χ4n) is 3.79. The number of aliphatic hydroxyl groups is 1. The number of hydrogen-bond donors (Lipinski definition) is 1. The van der Waals surface area contributed by atoms with Gasteiger partial charge in [-0.25, -0.2) is 0 Å². The third-order valence-corrected chi connectivity index (χ3v) is 6.05. The van der Waals surface area contributed by atoms with Crippen LogP contribution in [0, 0.1) is 0 Å². The fraction of sp³-hybridized carbons (Fsp3) is 0.160. The molecule has 1 unspecified atom stereocenters. The van der Waals surface area contributed by atoms with Crippen LogP contribution in [0.5, 0.6) is 5.75 Å². The van der Waals surface area contributed by atoms with Crippen molar-refractivity contribution in [1.82, 2.24) is 9.88 Å². The summed E-state index contributed by atoms with van der Waals surface area (Å²) in [4.78, 5) is 31.7. The predicted molar refractivity (Wildman–Crippen MR) is 126 cm³/mol. The zero-order valence-corrected chi connectivity index (χ0v) is 19.2. The summed E-state index contributed by atoms with van der Waals surface area (Å²) in [6, 6.07) is 14.3. The molecule has 1 aromatic heterocycles. The van der Waals surface area contributed by atoms with Gasteiger partial charge in [-0.3, -0.25) is 14.6 Å². The topological polar surface area (TPSA) is 79.7 Å². The number of aromatic nitrogens is 1. The molecule has 2 heterocycles. The number of rotatable bonds is 6. The molecule has 3 aromatic rings. The number of ketones is 1. The first-order valence-corrected chi connectivity index (χ1v) is 11.0. The molecule has 1 atom stereocenters.